The Morgan fingerprint density at radius 3 is 1.95 bits per heavy atom. The minimum absolute atomic E-state index is 1.10. The van der Waals surface area contributed by atoms with E-state index in [2.05, 4.69) is 163 Å². The lowest BCUT2D eigenvalue weighted by Gasteiger charge is -2.28. The highest BCUT2D eigenvalue weighted by atomic mass is 15.1. The highest BCUT2D eigenvalue weighted by Crippen LogP contribution is 2.39. The molecule has 0 heterocycles. The number of benzene rings is 6. The molecule has 0 N–H and O–H groups in total. The Hall–Kier alpha value is -5.08. The molecule has 0 unspecified atom stereocenters. The molecule has 0 aliphatic heterocycles. The third-order valence-electron chi connectivity index (χ3n) is 7.51. The van der Waals surface area contributed by atoms with Gasteiger partial charge in [0, 0.05) is 40.9 Å². The number of rotatable bonds is 7. The number of hydrogen-bond donors (Lipinski definition) is 0. The van der Waals surface area contributed by atoms with Crippen molar-refractivity contribution in [1.82, 2.24) is 0 Å². The van der Waals surface area contributed by atoms with Crippen LogP contribution >= 0.6 is 0 Å². The topological polar surface area (TPSA) is 6.48 Å². The lowest BCUT2D eigenvalue weighted by Crippen LogP contribution is -2.12. The van der Waals surface area contributed by atoms with Gasteiger partial charge in [-0.2, -0.15) is 0 Å². The van der Waals surface area contributed by atoms with Crippen molar-refractivity contribution in [3.8, 4) is 0 Å². The maximum absolute atomic E-state index is 4.02. The van der Waals surface area contributed by atoms with Crippen LogP contribution in [0.5, 0.6) is 0 Å². The van der Waals surface area contributed by atoms with E-state index >= 15 is 0 Å². The number of hydrogen-bond acceptors (Lipinski definition) is 2. The van der Waals surface area contributed by atoms with Crippen LogP contribution in [0.4, 0.5) is 28.4 Å². The van der Waals surface area contributed by atoms with Crippen molar-refractivity contribution >= 4 is 62.1 Å². The van der Waals surface area contributed by atoms with Crippen LogP contribution in [-0.2, 0) is 0 Å². The van der Waals surface area contributed by atoms with E-state index in [4.69, 9.17) is 0 Å². The summed E-state index contributed by atoms with van der Waals surface area (Å²) in [6, 6.07) is 45.6. The van der Waals surface area contributed by atoms with E-state index in [1.54, 1.807) is 0 Å². The van der Waals surface area contributed by atoms with Gasteiger partial charge in [0.2, 0.25) is 0 Å². The molecule has 0 bridgehead atoms. The smallest absolute Gasteiger partial charge is 0.0487 e. The summed E-state index contributed by atoms with van der Waals surface area (Å²) in [6.07, 6.45) is 6.13. The summed E-state index contributed by atoms with van der Waals surface area (Å²) in [5, 5.41) is 4.93. The molecule has 0 aliphatic rings. The van der Waals surface area contributed by atoms with Crippen LogP contribution < -0.4 is 9.80 Å². The number of fused-ring (bicyclic) bond motifs is 2. The Bertz CT molecular complexity index is 1840. The predicted octanol–water partition coefficient (Wildman–Crippen LogP) is 10.9. The number of nitrogens with zero attached hydrogens (tertiary/aromatic N) is 2. The van der Waals surface area contributed by atoms with Gasteiger partial charge < -0.3 is 9.80 Å². The maximum Gasteiger partial charge on any atom is 0.0487 e. The average molecular weight is 517 g/mol. The van der Waals surface area contributed by atoms with E-state index in [-0.39, 0.29) is 0 Å². The summed E-state index contributed by atoms with van der Waals surface area (Å²) in [7, 11) is 2.13. The molecule has 40 heavy (non-hydrogen) atoms. The minimum Gasteiger partial charge on any atom is -0.344 e. The summed E-state index contributed by atoms with van der Waals surface area (Å²) in [6.45, 7) is 6.06. The van der Waals surface area contributed by atoms with Crippen molar-refractivity contribution in [2.24, 2.45) is 0 Å². The van der Waals surface area contributed by atoms with Gasteiger partial charge >= 0.3 is 0 Å². The lowest BCUT2D eigenvalue weighted by atomic mass is 10.0. The van der Waals surface area contributed by atoms with Gasteiger partial charge in [-0.05, 0) is 88.8 Å². The summed E-state index contributed by atoms with van der Waals surface area (Å²) in [5.41, 5.74) is 7.91. The standard InChI is InChI=1S/C38H32N2/c1-4-11-31-26-35(20-18-28(31)5-2)40(36-21-19-29-12-6-7-14-32(29)27-36)34-24-22-33(23-25-34)39(3)38-17-10-15-30-13-8-9-16-37(30)38/h4-27H,2H2,1,3H3/b11-4-. The fraction of sp³-hybridized carbons (Fsp3) is 0.0526. The zero-order valence-electron chi connectivity index (χ0n) is 23.0. The van der Waals surface area contributed by atoms with Crippen LogP contribution in [0.3, 0.4) is 0 Å². The van der Waals surface area contributed by atoms with E-state index < -0.39 is 0 Å². The van der Waals surface area contributed by atoms with Crippen LogP contribution in [0.25, 0.3) is 33.7 Å². The molecule has 0 saturated carbocycles. The Kier molecular flexibility index (Phi) is 6.91. The largest absolute Gasteiger partial charge is 0.344 e. The second kappa shape index (κ2) is 11.0. The fourth-order valence-electron chi connectivity index (χ4n) is 5.44. The molecule has 0 aliphatic carbocycles. The Morgan fingerprint density at radius 2 is 1.18 bits per heavy atom. The van der Waals surface area contributed by atoms with E-state index in [0.717, 1.165) is 33.9 Å². The molecule has 6 aromatic carbocycles. The van der Waals surface area contributed by atoms with Crippen molar-refractivity contribution in [1.29, 1.82) is 0 Å². The molecule has 0 fully saturated rings. The first kappa shape index (κ1) is 25.2. The van der Waals surface area contributed by atoms with Gasteiger partial charge in [-0.25, -0.2) is 0 Å². The summed E-state index contributed by atoms with van der Waals surface area (Å²) in [5.74, 6) is 0. The summed E-state index contributed by atoms with van der Waals surface area (Å²) >= 11 is 0. The van der Waals surface area contributed by atoms with Crippen molar-refractivity contribution < 1.29 is 0 Å². The molecular formula is C38H32N2. The second-order valence-electron chi connectivity index (χ2n) is 9.96. The third-order valence-corrected chi connectivity index (χ3v) is 7.51. The Morgan fingerprint density at radius 1 is 0.550 bits per heavy atom. The quantitative estimate of drug-likeness (QED) is 0.208. The average Bonchev–Trinajstić information content (AvgIpc) is 3.01. The molecule has 194 valence electrons. The molecule has 0 radical (unpaired) electrons. The lowest BCUT2D eigenvalue weighted by molar-refractivity contribution is 1.21. The van der Waals surface area contributed by atoms with Crippen molar-refractivity contribution in [3.63, 3.8) is 0 Å². The molecule has 0 amide bonds. The van der Waals surface area contributed by atoms with E-state index in [9.17, 15) is 0 Å². The highest BCUT2D eigenvalue weighted by Gasteiger charge is 2.15. The first-order valence-electron chi connectivity index (χ1n) is 13.7. The van der Waals surface area contributed by atoms with Crippen molar-refractivity contribution in [2.45, 2.75) is 6.92 Å². The van der Waals surface area contributed by atoms with E-state index in [1.807, 2.05) is 13.0 Å². The van der Waals surface area contributed by atoms with E-state index in [1.165, 1.54) is 27.2 Å². The SMILES string of the molecule is C=Cc1ccc(N(c2ccc(N(C)c3cccc4ccccc34)cc2)c2ccc3ccccc3c2)cc1/C=C\C. The minimum atomic E-state index is 1.10. The van der Waals surface area contributed by atoms with Crippen LogP contribution in [-0.4, -0.2) is 7.05 Å². The third kappa shape index (κ3) is 4.76. The van der Waals surface area contributed by atoms with Crippen LogP contribution in [0.15, 0.2) is 140 Å². The molecule has 0 atom stereocenters. The zero-order valence-corrected chi connectivity index (χ0v) is 23.0. The second-order valence-corrected chi connectivity index (χ2v) is 9.96. The molecule has 6 rings (SSSR count). The normalized spacial score (nSPS) is 11.2. The van der Waals surface area contributed by atoms with Gasteiger partial charge in [0.15, 0.2) is 0 Å². The Balaban J connectivity index is 1.44. The molecule has 2 nitrogen and oxygen atoms in total. The first-order chi connectivity index (χ1) is 19.7. The van der Waals surface area contributed by atoms with Gasteiger partial charge in [-0.1, -0.05) is 97.6 Å². The highest BCUT2D eigenvalue weighted by molar-refractivity contribution is 5.96. The number of anilines is 5. The van der Waals surface area contributed by atoms with Gasteiger partial charge in [0.1, 0.15) is 0 Å². The van der Waals surface area contributed by atoms with Crippen LogP contribution in [0, 0.1) is 0 Å². The van der Waals surface area contributed by atoms with Crippen molar-refractivity contribution in [3.05, 3.63) is 151 Å². The van der Waals surface area contributed by atoms with Gasteiger partial charge in [-0.3, -0.25) is 0 Å². The summed E-state index contributed by atoms with van der Waals surface area (Å²) < 4.78 is 0. The zero-order chi connectivity index (χ0) is 27.5. The van der Waals surface area contributed by atoms with E-state index in [0.29, 0.717) is 0 Å². The summed E-state index contributed by atoms with van der Waals surface area (Å²) in [4.78, 5) is 4.59. The van der Waals surface area contributed by atoms with Crippen molar-refractivity contribution in [2.75, 3.05) is 16.8 Å². The monoisotopic (exact) mass is 516 g/mol. The molecule has 6 aromatic rings. The molecule has 0 aromatic heterocycles. The van der Waals surface area contributed by atoms with Gasteiger partial charge in [0.05, 0.1) is 0 Å². The fourth-order valence-corrected chi connectivity index (χ4v) is 5.44. The molecule has 2 heteroatoms. The molecule has 0 spiro atoms. The maximum atomic E-state index is 4.02. The number of allylic oxidation sites excluding steroid dienone is 1. The first-order valence-corrected chi connectivity index (χ1v) is 13.7. The Labute approximate surface area is 236 Å². The molecular weight excluding hydrogens is 484 g/mol. The predicted molar refractivity (Wildman–Crippen MR) is 175 cm³/mol. The van der Waals surface area contributed by atoms with Gasteiger partial charge in [0.25, 0.3) is 0 Å². The van der Waals surface area contributed by atoms with Gasteiger partial charge in [-0.15, -0.1) is 0 Å². The van der Waals surface area contributed by atoms with Crippen LogP contribution in [0.2, 0.25) is 0 Å². The van der Waals surface area contributed by atoms with Crippen LogP contribution in [0.1, 0.15) is 18.1 Å². The molecule has 0 saturated heterocycles.